The smallest absolute Gasteiger partial charge is 0.407 e. The van der Waals surface area contributed by atoms with Crippen molar-refractivity contribution >= 4 is 35.0 Å². The Hall–Kier alpha value is -3.92. The van der Waals surface area contributed by atoms with Gasteiger partial charge in [0.25, 0.3) is 5.91 Å². The largest absolute Gasteiger partial charge is 0.493 e. The molecule has 0 unspecified atom stereocenters. The van der Waals surface area contributed by atoms with Crippen molar-refractivity contribution in [1.29, 1.82) is 0 Å². The summed E-state index contributed by atoms with van der Waals surface area (Å²) in [6.45, 7) is 1.32. The average Bonchev–Trinajstić information content (AvgIpc) is 3.22. The first-order chi connectivity index (χ1) is 18.4. The van der Waals surface area contributed by atoms with Crippen molar-refractivity contribution in [3.05, 3.63) is 52.9 Å². The van der Waals surface area contributed by atoms with Crippen LogP contribution in [0.5, 0.6) is 11.5 Å². The second-order valence-corrected chi connectivity index (χ2v) is 10.4. The average molecular weight is 538 g/mol. The molecule has 3 aliphatic rings. The number of aromatic nitrogens is 2. The number of para-hydroxylation sites is 1. The van der Waals surface area contributed by atoms with Gasteiger partial charge in [-0.25, -0.2) is 4.79 Å². The van der Waals surface area contributed by atoms with Crippen LogP contribution in [0.25, 0.3) is 11.3 Å². The summed E-state index contributed by atoms with van der Waals surface area (Å²) in [4.78, 5) is 33.9. The Morgan fingerprint density at radius 2 is 2.18 bits per heavy atom. The molecule has 0 bridgehead atoms. The van der Waals surface area contributed by atoms with Gasteiger partial charge in [0.05, 0.1) is 47.0 Å². The van der Waals surface area contributed by atoms with Gasteiger partial charge in [-0.1, -0.05) is 24.1 Å². The Morgan fingerprint density at radius 3 is 2.92 bits per heavy atom. The van der Waals surface area contributed by atoms with E-state index in [1.807, 2.05) is 12.1 Å². The molecule has 10 nitrogen and oxygen atoms in total. The fourth-order valence-corrected chi connectivity index (χ4v) is 6.14. The first-order valence-corrected chi connectivity index (χ1v) is 13.0. The van der Waals surface area contributed by atoms with Crippen molar-refractivity contribution in [2.45, 2.75) is 31.7 Å². The van der Waals surface area contributed by atoms with E-state index in [0.29, 0.717) is 64.2 Å². The molecule has 2 aromatic heterocycles. The van der Waals surface area contributed by atoms with Crippen LogP contribution in [0, 0.1) is 5.41 Å². The molecule has 0 radical (unpaired) electrons. The minimum Gasteiger partial charge on any atom is -0.493 e. The van der Waals surface area contributed by atoms with E-state index in [-0.39, 0.29) is 24.0 Å². The van der Waals surface area contributed by atoms with Gasteiger partial charge < -0.3 is 35.1 Å². The lowest BCUT2D eigenvalue weighted by atomic mass is 9.58. The lowest BCUT2D eigenvalue weighted by molar-refractivity contribution is -0.120. The van der Waals surface area contributed by atoms with Gasteiger partial charge in [0, 0.05) is 42.4 Å². The molecule has 3 aromatic rings. The van der Waals surface area contributed by atoms with E-state index in [2.05, 4.69) is 20.6 Å². The number of hydrogen-bond donors (Lipinski definition) is 4. The van der Waals surface area contributed by atoms with E-state index in [9.17, 15) is 14.7 Å². The SMILES string of the molecule is COc1c(Cl)cccc1Nc1c(-c2ccncc2OC[C@@H]2N(C(=O)O)CC23CCC3)[nH]c2c1C(=O)NCC2. The van der Waals surface area contributed by atoms with E-state index in [1.54, 1.807) is 24.5 Å². The number of carboxylic acid groups (broad SMARTS) is 1. The summed E-state index contributed by atoms with van der Waals surface area (Å²) in [5.41, 5.74) is 3.87. The highest BCUT2D eigenvalue weighted by Crippen LogP contribution is 2.53. The topological polar surface area (TPSA) is 129 Å². The zero-order chi connectivity index (χ0) is 26.4. The number of pyridine rings is 1. The third-order valence-electron chi connectivity index (χ3n) is 8.01. The van der Waals surface area contributed by atoms with Crippen molar-refractivity contribution in [3.8, 4) is 22.8 Å². The second-order valence-electron chi connectivity index (χ2n) is 10.0. The highest BCUT2D eigenvalue weighted by molar-refractivity contribution is 6.32. The molecule has 4 N–H and O–H groups in total. The number of hydrogen-bond acceptors (Lipinski definition) is 6. The summed E-state index contributed by atoms with van der Waals surface area (Å²) in [5.74, 6) is 0.772. The normalized spacial score (nSPS) is 19.2. The summed E-state index contributed by atoms with van der Waals surface area (Å²) in [5, 5.41) is 16.4. The number of nitrogens with zero attached hydrogens (tertiary/aromatic N) is 2. The number of anilines is 2. The molecule has 11 heteroatoms. The Labute approximate surface area is 224 Å². The number of amides is 2. The number of fused-ring (bicyclic) bond motifs is 1. The number of nitrogens with one attached hydrogen (secondary N) is 3. The molecule has 4 heterocycles. The van der Waals surface area contributed by atoms with E-state index >= 15 is 0 Å². The van der Waals surface area contributed by atoms with Crippen LogP contribution in [-0.4, -0.2) is 64.8 Å². The second kappa shape index (κ2) is 9.43. The maximum atomic E-state index is 13.0. The minimum atomic E-state index is -0.924. The molecule has 2 aliphatic heterocycles. The molecule has 1 atom stereocenters. The third kappa shape index (κ3) is 3.91. The fourth-order valence-electron chi connectivity index (χ4n) is 5.89. The molecule has 1 saturated heterocycles. The molecule has 198 valence electrons. The standard InChI is InChI=1S/C27H28ClN5O5/c1-37-24-16(28)4-2-5-18(24)32-23-21-17(7-11-30-25(21)34)31-22(23)15-6-10-29-12-19(15)38-13-20-27(8-3-9-27)14-33(20)26(35)36/h2,4-6,10,12,20,31-32H,3,7-9,11,13-14H2,1H3,(H,30,34)(H,35,36)/t20-/m0/s1. The summed E-state index contributed by atoms with van der Waals surface area (Å²) >= 11 is 6.36. The molecule has 38 heavy (non-hydrogen) atoms. The van der Waals surface area contributed by atoms with Crippen molar-refractivity contribution in [2.24, 2.45) is 5.41 Å². The van der Waals surface area contributed by atoms with Gasteiger partial charge >= 0.3 is 6.09 Å². The maximum absolute atomic E-state index is 13.0. The molecule has 1 aromatic carbocycles. The van der Waals surface area contributed by atoms with E-state index < -0.39 is 6.09 Å². The van der Waals surface area contributed by atoms with Crippen LogP contribution in [0.4, 0.5) is 16.2 Å². The number of ether oxygens (including phenoxy) is 2. The van der Waals surface area contributed by atoms with E-state index in [0.717, 1.165) is 25.0 Å². The lowest BCUT2D eigenvalue weighted by Crippen LogP contribution is -2.70. The zero-order valence-electron chi connectivity index (χ0n) is 20.8. The fraction of sp³-hybridized carbons (Fsp3) is 0.370. The summed E-state index contributed by atoms with van der Waals surface area (Å²) in [6, 6.07) is 6.98. The highest BCUT2D eigenvalue weighted by Gasteiger charge is 2.58. The molecule has 2 fully saturated rings. The molecule has 2 amide bonds. The Morgan fingerprint density at radius 1 is 1.34 bits per heavy atom. The first-order valence-electron chi connectivity index (χ1n) is 12.6. The number of carbonyl (C=O) groups is 2. The molecular weight excluding hydrogens is 510 g/mol. The van der Waals surface area contributed by atoms with Crippen LogP contribution in [0.2, 0.25) is 5.02 Å². The van der Waals surface area contributed by atoms with Gasteiger partial charge in [0.15, 0.2) is 5.75 Å². The van der Waals surface area contributed by atoms with Gasteiger partial charge in [0.1, 0.15) is 12.4 Å². The third-order valence-corrected chi connectivity index (χ3v) is 8.31. The van der Waals surface area contributed by atoms with E-state index in [1.165, 1.54) is 12.0 Å². The highest BCUT2D eigenvalue weighted by atomic mass is 35.5. The van der Waals surface area contributed by atoms with Crippen LogP contribution >= 0.6 is 11.6 Å². The van der Waals surface area contributed by atoms with Gasteiger partial charge in [0.2, 0.25) is 0 Å². The van der Waals surface area contributed by atoms with Crippen LogP contribution in [0.3, 0.4) is 0 Å². The minimum absolute atomic E-state index is 0.0141. The number of methoxy groups -OCH3 is 1. The lowest BCUT2D eigenvalue weighted by Gasteiger charge is -2.60. The quantitative estimate of drug-likeness (QED) is 0.344. The molecule has 1 aliphatic carbocycles. The van der Waals surface area contributed by atoms with Gasteiger partial charge in [-0.2, -0.15) is 0 Å². The van der Waals surface area contributed by atoms with Crippen molar-refractivity contribution in [3.63, 3.8) is 0 Å². The van der Waals surface area contributed by atoms with Crippen LogP contribution in [0.1, 0.15) is 35.3 Å². The summed E-state index contributed by atoms with van der Waals surface area (Å²) < 4.78 is 11.8. The molecule has 1 saturated carbocycles. The molecule has 1 spiro atoms. The Balaban J connectivity index is 1.37. The molecule has 6 rings (SSSR count). The predicted molar refractivity (Wildman–Crippen MR) is 142 cm³/mol. The maximum Gasteiger partial charge on any atom is 0.407 e. The first kappa shape index (κ1) is 24.4. The predicted octanol–water partition coefficient (Wildman–Crippen LogP) is 4.68. The number of likely N-dealkylation sites (tertiary alicyclic amines) is 1. The van der Waals surface area contributed by atoms with Crippen molar-refractivity contribution in [1.82, 2.24) is 20.2 Å². The van der Waals surface area contributed by atoms with Gasteiger partial charge in [-0.15, -0.1) is 0 Å². The van der Waals surface area contributed by atoms with Crippen LogP contribution < -0.4 is 20.1 Å². The van der Waals surface area contributed by atoms with Crippen molar-refractivity contribution < 1.29 is 24.2 Å². The zero-order valence-corrected chi connectivity index (χ0v) is 21.6. The van der Waals surface area contributed by atoms with Gasteiger partial charge in [-0.05, 0) is 31.0 Å². The number of benzene rings is 1. The van der Waals surface area contributed by atoms with E-state index in [4.69, 9.17) is 21.1 Å². The van der Waals surface area contributed by atoms with Crippen LogP contribution in [0.15, 0.2) is 36.7 Å². The van der Waals surface area contributed by atoms with Gasteiger partial charge in [-0.3, -0.25) is 9.78 Å². The number of halogens is 1. The van der Waals surface area contributed by atoms with Crippen molar-refractivity contribution in [2.75, 3.05) is 32.1 Å². The number of carbonyl (C=O) groups excluding carboxylic acids is 1. The number of aromatic amines is 1. The number of rotatable bonds is 7. The van der Waals surface area contributed by atoms with Crippen LogP contribution in [-0.2, 0) is 6.42 Å². The Bertz CT molecular complexity index is 1420. The molecular formula is C27H28ClN5O5. The summed E-state index contributed by atoms with van der Waals surface area (Å²) in [6.07, 6.45) is 6.13. The number of H-pyrrole nitrogens is 1. The summed E-state index contributed by atoms with van der Waals surface area (Å²) in [7, 11) is 1.54. The Kier molecular flexibility index (Phi) is 6.06. The monoisotopic (exact) mass is 537 g/mol.